The average Bonchev–Trinajstić information content (AvgIpc) is 3.72. The van der Waals surface area contributed by atoms with E-state index in [4.69, 9.17) is 5.73 Å². The van der Waals surface area contributed by atoms with Crippen molar-refractivity contribution in [3.8, 4) is 11.8 Å². The molecule has 13 atom stereocenters. The Balaban J connectivity index is 1.29. The first-order chi connectivity index (χ1) is 23.6. The minimum atomic E-state index is -1.40. The van der Waals surface area contributed by atoms with Crippen LogP contribution < -0.4 is 16.4 Å². The summed E-state index contributed by atoms with van der Waals surface area (Å²) in [4.78, 5) is 7.99. The maximum absolute atomic E-state index is 13.0. The van der Waals surface area contributed by atoms with E-state index in [1.807, 2.05) is 0 Å². The number of hydrogen-bond acceptors (Lipinski definition) is 5. The molecule has 8 heteroatoms. The smallest absolute Gasteiger partial charge is 0.189 e. The molecule has 8 nitrogen and oxygen atoms in total. The van der Waals surface area contributed by atoms with Crippen molar-refractivity contribution in [1.82, 2.24) is 15.6 Å². The normalized spacial score (nSPS) is 46.7. The lowest BCUT2D eigenvalue weighted by atomic mass is 9.41. The Morgan fingerprint density at radius 3 is 2.65 bits per heavy atom. The Hall–Kier alpha value is -2.83. The number of rotatable bonds is 5. The molecule has 0 unspecified atom stereocenters. The molecule has 2 spiro atoms. The van der Waals surface area contributed by atoms with E-state index in [-0.39, 0.29) is 52.8 Å². The summed E-state index contributed by atoms with van der Waals surface area (Å²) in [6.07, 6.45) is 12.6. The number of aliphatic imine (C=N–C) groups is 1. The molecule has 7 aliphatic carbocycles. The van der Waals surface area contributed by atoms with Gasteiger partial charge >= 0.3 is 0 Å². The van der Waals surface area contributed by atoms with E-state index < -0.39 is 23.3 Å². The molecule has 5 fully saturated rings. The molecule has 8 N–H and O–H groups in total. The third-order valence-electron chi connectivity index (χ3n) is 15.3. The predicted molar refractivity (Wildman–Crippen MR) is 192 cm³/mol. The van der Waals surface area contributed by atoms with Gasteiger partial charge in [-0.1, -0.05) is 48.1 Å². The van der Waals surface area contributed by atoms with E-state index in [1.165, 1.54) is 29.5 Å². The fraction of sp³-hybridized carbons (Fsp3) is 0.683. The van der Waals surface area contributed by atoms with Crippen molar-refractivity contribution in [2.45, 2.75) is 100 Å². The monoisotopic (exact) mass is 665 g/mol. The molecule has 9 rings (SSSR count). The number of aromatic nitrogens is 1. The van der Waals surface area contributed by atoms with Crippen LogP contribution in [0.15, 0.2) is 47.0 Å². The number of para-hydroxylation sites is 1. The van der Waals surface area contributed by atoms with Crippen LogP contribution in [-0.4, -0.2) is 70.3 Å². The Kier molecular flexibility index (Phi) is 7.43. The zero-order valence-electron chi connectivity index (χ0n) is 29.2. The van der Waals surface area contributed by atoms with Crippen LogP contribution in [0, 0.1) is 64.1 Å². The number of nitrogens with one attached hydrogen (secondary N) is 3. The zero-order chi connectivity index (χ0) is 33.8. The summed E-state index contributed by atoms with van der Waals surface area (Å²) >= 11 is 0. The highest BCUT2D eigenvalue weighted by molar-refractivity contribution is 5.80. The van der Waals surface area contributed by atoms with Gasteiger partial charge in [0, 0.05) is 42.4 Å². The van der Waals surface area contributed by atoms with Gasteiger partial charge in [-0.2, -0.15) is 0 Å². The molecule has 7 aliphatic rings. The van der Waals surface area contributed by atoms with Gasteiger partial charge in [0.25, 0.3) is 0 Å². The predicted octanol–water partition coefficient (Wildman–Crippen LogP) is 4.26. The number of H-pyrrole nitrogens is 1. The first-order valence-corrected chi connectivity index (χ1v) is 19.2. The lowest BCUT2D eigenvalue weighted by Crippen LogP contribution is -2.60. The van der Waals surface area contributed by atoms with Crippen LogP contribution in [-0.2, 0) is 6.42 Å². The molecule has 6 bridgehead atoms. The molecule has 262 valence electrons. The van der Waals surface area contributed by atoms with Gasteiger partial charge in [-0.25, -0.2) is 0 Å². The molecule has 0 radical (unpaired) electrons. The van der Waals surface area contributed by atoms with Crippen LogP contribution in [0.5, 0.6) is 0 Å². The number of hydrogen-bond donors (Lipinski definition) is 7. The Morgan fingerprint density at radius 2 is 1.84 bits per heavy atom. The summed E-state index contributed by atoms with van der Waals surface area (Å²) in [5, 5.41) is 46.1. The van der Waals surface area contributed by atoms with Gasteiger partial charge in [0.05, 0.1) is 23.3 Å². The lowest BCUT2D eigenvalue weighted by molar-refractivity contribution is -0.150. The van der Waals surface area contributed by atoms with Gasteiger partial charge in [-0.05, 0) is 130 Å². The molecule has 1 aromatic heterocycles. The van der Waals surface area contributed by atoms with E-state index in [2.05, 4.69) is 75.9 Å². The summed E-state index contributed by atoms with van der Waals surface area (Å²) in [6, 6.07) is 10.4. The van der Waals surface area contributed by atoms with Crippen molar-refractivity contribution in [2.75, 3.05) is 20.6 Å². The summed E-state index contributed by atoms with van der Waals surface area (Å²) in [7, 11) is 3.73. The van der Waals surface area contributed by atoms with Crippen LogP contribution >= 0.6 is 0 Å². The van der Waals surface area contributed by atoms with E-state index >= 15 is 0 Å². The van der Waals surface area contributed by atoms with Crippen LogP contribution in [0.2, 0.25) is 0 Å². The Labute approximate surface area is 290 Å². The van der Waals surface area contributed by atoms with E-state index in [1.54, 1.807) is 7.05 Å². The second-order valence-electron chi connectivity index (χ2n) is 17.4. The van der Waals surface area contributed by atoms with E-state index in [0.717, 1.165) is 63.4 Å². The average molecular weight is 666 g/mol. The maximum atomic E-state index is 13.0. The highest BCUT2D eigenvalue weighted by Gasteiger charge is 2.75. The quantitative estimate of drug-likeness (QED) is 0.110. The molecular formula is C41H55N5O3. The van der Waals surface area contributed by atoms with Crippen molar-refractivity contribution in [3.63, 3.8) is 0 Å². The fourth-order valence-corrected chi connectivity index (χ4v) is 13.9. The maximum Gasteiger partial charge on any atom is 0.189 e. The number of guanidine groups is 1. The Morgan fingerprint density at radius 1 is 1.00 bits per heavy atom. The molecule has 0 amide bonds. The van der Waals surface area contributed by atoms with E-state index in [9.17, 15) is 15.3 Å². The third kappa shape index (κ3) is 4.54. The summed E-state index contributed by atoms with van der Waals surface area (Å²) < 4.78 is 0. The molecule has 1 aromatic carbocycles. The van der Waals surface area contributed by atoms with Crippen molar-refractivity contribution < 1.29 is 15.3 Å². The van der Waals surface area contributed by atoms with Gasteiger partial charge in [0.1, 0.15) is 0 Å². The molecular weight excluding hydrogens is 610 g/mol. The summed E-state index contributed by atoms with van der Waals surface area (Å²) in [5.41, 5.74) is 7.62. The van der Waals surface area contributed by atoms with E-state index in [0.29, 0.717) is 18.3 Å². The lowest BCUT2D eigenvalue weighted by Gasteiger charge is -2.63. The van der Waals surface area contributed by atoms with Crippen LogP contribution in [0.1, 0.15) is 76.3 Å². The van der Waals surface area contributed by atoms with Crippen molar-refractivity contribution in [2.24, 2.45) is 63.0 Å². The summed E-state index contributed by atoms with van der Waals surface area (Å²) in [6.45, 7) is 1.03. The summed E-state index contributed by atoms with van der Waals surface area (Å²) in [5.74, 6) is 8.81. The third-order valence-corrected chi connectivity index (χ3v) is 15.3. The number of benzene rings is 1. The number of aliphatic hydroxyl groups is 3. The second kappa shape index (κ2) is 11.3. The topological polar surface area (TPSA) is 139 Å². The number of allylic oxidation sites excluding steroid dienone is 2. The van der Waals surface area contributed by atoms with Crippen LogP contribution in [0.3, 0.4) is 0 Å². The SMILES string of the molecule is CN=C(N)N[C@H]1C#C[C@H]2C[C@]3(C=C(Cc4cc5ccccc5[nH]4)[C@]24[C@@H]2CCC[C@@]5(O)[C@H]6C[C@H](O)[C@@](O)(C1)[C@H]6[C@@H]4CC[C@@H]25)CC[C@@H](CNC)C3. The Bertz CT molecular complexity index is 1720. The van der Waals surface area contributed by atoms with Gasteiger partial charge < -0.3 is 36.7 Å². The highest BCUT2D eigenvalue weighted by Crippen LogP contribution is 2.76. The molecule has 0 aliphatic heterocycles. The van der Waals surface area contributed by atoms with Crippen LogP contribution in [0.4, 0.5) is 0 Å². The number of nitrogens with zero attached hydrogens (tertiary/aromatic N) is 1. The zero-order valence-corrected chi connectivity index (χ0v) is 29.2. The minimum absolute atomic E-state index is 0.0652. The van der Waals surface area contributed by atoms with Gasteiger partial charge in [0.2, 0.25) is 0 Å². The standard InChI is InChI=1S/C41H55N5O3/c1-43-23-24-13-15-38(19-24)20-26-9-10-28(46-37(42)44-2)22-40(49)35(47)18-33-36(40)32-12-11-30-31(7-5-14-39(30,33)48)41(26,32)27(21-38)17-29-16-25-6-3-4-8-34(25)45-29/h3-4,6,8,16,21,24,26,28,30-33,35-36,43,45,47-49H,5,7,11-15,17-20,22-23H2,1-2H3,(H3,42,44,46)/t24-,26+,28+,30+,31-,32+,33+,35+,36+,38+,39+,40+,41+/m1/s1. The fourth-order valence-electron chi connectivity index (χ4n) is 13.9. The number of aromatic amines is 1. The van der Waals surface area contributed by atoms with Crippen molar-refractivity contribution in [1.29, 1.82) is 0 Å². The second-order valence-corrected chi connectivity index (χ2v) is 17.4. The molecule has 1 heterocycles. The molecule has 2 aromatic rings. The number of nitrogens with two attached hydrogens (primary N) is 1. The number of fused-ring (bicyclic) bond motifs is 2. The van der Waals surface area contributed by atoms with Crippen LogP contribution in [0.25, 0.3) is 10.9 Å². The molecule has 0 saturated heterocycles. The molecule has 5 saturated carbocycles. The highest BCUT2D eigenvalue weighted by atomic mass is 16.3. The van der Waals surface area contributed by atoms with Crippen molar-refractivity contribution in [3.05, 3.63) is 47.7 Å². The first-order valence-electron chi connectivity index (χ1n) is 19.2. The molecule has 49 heavy (non-hydrogen) atoms. The number of aliphatic hydroxyl groups excluding tert-OH is 1. The van der Waals surface area contributed by atoms with Crippen molar-refractivity contribution >= 4 is 16.9 Å². The van der Waals surface area contributed by atoms with Gasteiger partial charge in [-0.3, -0.25) is 4.99 Å². The van der Waals surface area contributed by atoms with Gasteiger partial charge in [0.15, 0.2) is 5.96 Å². The minimum Gasteiger partial charge on any atom is -0.390 e. The largest absolute Gasteiger partial charge is 0.390 e. The van der Waals surface area contributed by atoms with Gasteiger partial charge in [-0.15, -0.1) is 0 Å². The first kappa shape index (κ1) is 32.1.